The maximum atomic E-state index is 5.92. The summed E-state index contributed by atoms with van der Waals surface area (Å²) in [6.07, 6.45) is 6.58. The van der Waals surface area contributed by atoms with E-state index in [1.165, 1.54) is 31.4 Å². The van der Waals surface area contributed by atoms with E-state index in [-0.39, 0.29) is 0 Å². The van der Waals surface area contributed by atoms with Crippen molar-refractivity contribution in [2.24, 2.45) is 11.7 Å². The van der Waals surface area contributed by atoms with E-state index in [1.54, 1.807) is 6.33 Å². The highest BCUT2D eigenvalue weighted by molar-refractivity contribution is 5.78. The molecule has 1 saturated carbocycles. The van der Waals surface area contributed by atoms with Crippen LogP contribution in [0.1, 0.15) is 25.7 Å². The molecule has 4 N–H and O–H groups in total. The zero-order valence-electron chi connectivity index (χ0n) is 10.5. The molecule has 1 aromatic heterocycles. The number of fused-ring (bicyclic) bond motifs is 1. The normalized spacial score (nSPS) is 24.3. The number of nitrogens with two attached hydrogens (primary N) is 1. The lowest BCUT2D eigenvalue weighted by Crippen LogP contribution is -2.29. The van der Waals surface area contributed by atoms with Gasteiger partial charge in [-0.2, -0.15) is 0 Å². The highest BCUT2D eigenvalue weighted by Gasteiger charge is 2.18. The maximum absolute atomic E-state index is 5.92. The number of benzene rings is 1. The number of imidazole rings is 1. The Kier molecular flexibility index (Phi) is 3.19. The molecular weight excluding hydrogens is 224 g/mol. The van der Waals surface area contributed by atoms with Gasteiger partial charge < -0.3 is 16.0 Å². The summed E-state index contributed by atoms with van der Waals surface area (Å²) in [5, 5.41) is 3.52. The molecule has 0 saturated heterocycles. The van der Waals surface area contributed by atoms with Crippen LogP contribution in [-0.2, 0) is 0 Å². The van der Waals surface area contributed by atoms with Crippen molar-refractivity contribution in [1.29, 1.82) is 0 Å². The molecular formula is C14H20N4. The van der Waals surface area contributed by atoms with Crippen molar-refractivity contribution < 1.29 is 0 Å². The number of anilines is 1. The minimum Gasteiger partial charge on any atom is -0.385 e. The minimum atomic E-state index is 0.433. The van der Waals surface area contributed by atoms with Crippen LogP contribution in [-0.4, -0.2) is 22.6 Å². The van der Waals surface area contributed by atoms with Crippen LogP contribution in [0.4, 0.5) is 5.69 Å². The van der Waals surface area contributed by atoms with Gasteiger partial charge >= 0.3 is 0 Å². The van der Waals surface area contributed by atoms with Crippen LogP contribution in [0.3, 0.4) is 0 Å². The Labute approximate surface area is 107 Å². The smallest absolute Gasteiger partial charge is 0.0931 e. The number of nitrogens with one attached hydrogen (secondary N) is 2. The summed E-state index contributed by atoms with van der Waals surface area (Å²) in [7, 11) is 0. The van der Waals surface area contributed by atoms with Crippen LogP contribution >= 0.6 is 0 Å². The van der Waals surface area contributed by atoms with E-state index >= 15 is 0 Å². The van der Waals surface area contributed by atoms with Gasteiger partial charge in [0.25, 0.3) is 0 Å². The van der Waals surface area contributed by atoms with E-state index in [9.17, 15) is 0 Å². The fraction of sp³-hybridized carbons (Fsp3) is 0.500. The molecule has 1 heterocycles. The highest BCUT2D eigenvalue weighted by atomic mass is 14.9. The van der Waals surface area contributed by atoms with Gasteiger partial charge in [0.2, 0.25) is 0 Å². The molecule has 2 aromatic rings. The summed E-state index contributed by atoms with van der Waals surface area (Å²) in [6.45, 7) is 1.05. The van der Waals surface area contributed by atoms with Gasteiger partial charge in [0.15, 0.2) is 0 Å². The second kappa shape index (κ2) is 4.98. The van der Waals surface area contributed by atoms with Crippen molar-refractivity contribution in [3.8, 4) is 0 Å². The molecule has 0 spiro atoms. The Morgan fingerprint density at radius 3 is 2.94 bits per heavy atom. The van der Waals surface area contributed by atoms with Gasteiger partial charge in [0.05, 0.1) is 17.4 Å². The molecule has 4 heteroatoms. The maximum Gasteiger partial charge on any atom is 0.0931 e. The van der Waals surface area contributed by atoms with Crippen molar-refractivity contribution in [3.63, 3.8) is 0 Å². The second-order valence-corrected chi connectivity index (χ2v) is 5.30. The molecule has 0 unspecified atom stereocenters. The van der Waals surface area contributed by atoms with Crippen LogP contribution in [0.2, 0.25) is 0 Å². The fourth-order valence-electron chi connectivity index (χ4n) is 2.70. The first-order valence-corrected chi connectivity index (χ1v) is 6.74. The Morgan fingerprint density at radius 1 is 1.28 bits per heavy atom. The third-order valence-electron chi connectivity index (χ3n) is 3.91. The predicted molar refractivity (Wildman–Crippen MR) is 74.5 cm³/mol. The Balaban J connectivity index is 1.59. The first-order chi connectivity index (χ1) is 8.81. The summed E-state index contributed by atoms with van der Waals surface area (Å²) >= 11 is 0. The lowest BCUT2D eigenvalue weighted by molar-refractivity contribution is 0.339. The lowest BCUT2D eigenvalue weighted by atomic mass is 9.86. The molecule has 1 aliphatic carbocycles. The average molecular weight is 244 g/mol. The van der Waals surface area contributed by atoms with Crippen molar-refractivity contribution in [3.05, 3.63) is 24.5 Å². The zero-order chi connectivity index (χ0) is 12.4. The molecule has 0 radical (unpaired) electrons. The summed E-state index contributed by atoms with van der Waals surface area (Å²) in [4.78, 5) is 7.36. The number of H-pyrrole nitrogens is 1. The van der Waals surface area contributed by atoms with E-state index in [1.807, 2.05) is 6.07 Å². The number of aromatic nitrogens is 2. The number of aromatic amines is 1. The van der Waals surface area contributed by atoms with Crippen molar-refractivity contribution >= 4 is 16.7 Å². The third-order valence-corrected chi connectivity index (χ3v) is 3.91. The zero-order valence-corrected chi connectivity index (χ0v) is 10.5. The molecule has 1 aromatic carbocycles. The summed E-state index contributed by atoms with van der Waals surface area (Å²) in [6, 6.07) is 6.70. The summed E-state index contributed by atoms with van der Waals surface area (Å²) < 4.78 is 0. The van der Waals surface area contributed by atoms with Gasteiger partial charge in [-0.05, 0) is 49.8 Å². The molecule has 0 aliphatic heterocycles. The van der Waals surface area contributed by atoms with Crippen LogP contribution < -0.4 is 11.1 Å². The number of nitrogens with zero attached hydrogens (tertiary/aromatic N) is 1. The van der Waals surface area contributed by atoms with Crippen molar-refractivity contribution in [2.75, 3.05) is 11.9 Å². The van der Waals surface area contributed by atoms with Crippen molar-refractivity contribution in [1.82, 2.24) is 9.97 Å². The summed E-state index contributed by atoms with van der Waals surface area (Å²) in [5.74, 6) is 0.766. The molecule has 1 fully saturated rings. The first kappa shape index (κ1) is 11.5. The summed E-state index contributed by atoms with van der Waals surface area (Å²) in [5.41, 5.74) is 9.20. The van der Waals surface area contributed by atoms with Gasteiger partial charge in [-0.1, -0.05) is 0 Å². The molecule has 3 rings (SSSR count). The third kappa shape index (κ3) is 2.48. The van der Waals surface area contributed by atoms with E-state index in [0.717, 1.165) is 23.5 Å². The molecule has 1 aliphatic rings. The number of rotatable bonds is 3. The van der Waals surface area contributed by atoms with E-state index < -0.39 is 0 Å². The van der Waals surface area contributed by atoms with Crippen LogP contribution in [0.25, 0.3) is 11.0 Å². The Bertz CT molecular complexity index is 511. The SMILES string of the molecule is NC1CCC(CNc2ccc3nc[nH]c3c2)CC1. The molecule has 0 atom stereocenters. The van der Waals surface area contributed by atoms with Crippen LogP contribution in [0.5, 0.6) is 0 Å². The van der Waals surface area contributed by atoms with Crippen LogP contribution in [0, 0.1) is 5.92 Å². The molecule has 0 bridgehead atoms. The van der Waals surface area contributed by atoms with Gasteiger partial charge in [-0.15, -0.1) is 0 Å². The van der Waals surface area contributed by atoms with Gasteiger partial charge in [0, 0.05) is 18.3 Å². The second-order valence-electron chi connectivity index (χ2n) is 5.30. The predicted octanol–water partition coefficient (Wildman–Crippen LogP) is 2.49. The fourth-order valence-corrected chi connectivity index (χ4v) is 2.70. The average Bonchev–Trinajstić information content (AvgIpc) is 2.85. The largest absolute Gasteiger partial charge is 0.385 e. The highest BCUT2D eigenvalue weighted by Crippen LogP contribution is 2.24. The topological polar surface area (TPSA) is 66.7 Å². The van der Waals surface area contributed by atoms with Gasteiger partial charge in [-0.25, -0.2) is 4.98 Å². The first-order valence-electron chi connectivity index (χ1n) is 6.74. The molecule has 0 amide bonds. The van der Waals surface area contributed by atoms with Crippen molar-refractivity contribution in [2.45, 2.75) is 31.7 Å². The monoisotopic (exact) mass is 244 g/mol. The van der Waals surface area contributed by atoms with E-state index in [0.29, 0.717) is 6.04 Å². The van der Waals surface area contributed by atoms with Crippen LogP contribution in [0.15, 0.2) is 24.5 Å². The standard InChI is InChI=1S/C14H20N4/c15-11-3-1-10(2-4-11)8-16-12-5-6-13-14(7-12)18-9-17-13/h5-7,9-11,16H,1-4,8,15H2,(H,17,18). The number of hydrogen-bond acceptors (Lipinski definition) is 3. The molecule has 4 nitrogen and oxygen atoms in total. The number of hydrogen-bond donors (Lipinski definition) is 3. The lowest BCUT2D eigenvalue weighted by Gasteiger charge is -2.26. The van der Waals surface area contributed by atoms with E-state index in [2.05, 4.69) is 27.4 Å². The molecule has 96 valence electrons. The van der Waals surface area contributed by atoms with Gasteiger partial charge in [0.1, 0.15) is 0 Å². The molecule has 18 heavy (non-hydrogen) atoms. The quantitative estimate of drug-likeness (QED) is 0.777. The Hall–Kier alpha value is -1.55. The van der Waals surface area contributed by atoms with Gasteiger partial charge in [-0.3, -0.25) is 0 Å². The van der Waals surface area contributed by atoms with E-state index in [4.69, 9.17) is 5.73 Å². The Morgan fingerprint density at radius 2 is 2.11 bits per heavy atom. The minimum absolute atomic E-state index is 0.433.